The van der Waals surface area contributed by atoms with Crippen LogP contribution in [0.25, 0.3) is 0 Å². The van der Waals surface area contributed by atoms with E-state index in [0.29, 0.717) is 0 Å². The highest BCUT2D eigenvalue weighted by molar-refractivity contribution is 5.69. The van der Waals surface area contributed by atoms with Crippen molar-refractivity contribution in [2.45, 2.75) is 6.42 Å². The highest BCUT2D eigenvalue weighted by Crippen LogP contribution is 2.04. The van der Waals surface area contributed by atoms with Gasteiger partial charge in [-0.25, -0.2) is 0 Å². The molecule has 18 heavy (non-hydrogen) atoms. The van der Waals surface area contributed by atoms with E-state index in [2.05, 4.69) is 10.00 Å². The number of carboxylic acids is 1. The van der Waals surface area contributed by atoms with E-state index in [1.54, 1.807) is 0 Å². The van der Waals surface area contributed by atoms with Gasteiger partial charge in [0, 0.05) is 58.1 Å². The van der Waals surface area contributed by atoms with Gasteiger partial charge in [-0.2, -0.15) is 5.10 Å². The van der Waals surface area contributed by atoms with Gasteiger partial charge < -0.3 is 10.0 Å². The molecule has 0 atom stereocenters. The number of carbonyl (C=O) groups is 1. The molecule has 1 aromatic rings. The molecule has 1 saturated heterocycles. The molecule has 0 aromatic carbocycles. The number of aryl methyl sites for hydroxylation is 1. The molecule has 6 heteroatoms. The van der Waals surface area contributed by atoms with Gasteiger partial charge in [-0.3, -0.25) is 14.4 Å². The predicted molar refractivity (Wildman–Crippen MR) is 67.4 cm³/mol. The summed E-state index contributed by atoms with van der Waals surface area (Å²) >= 11 is 0. The second-order valence-corrected chi connectivity index (χ2v) is 4.71. The zero-order chi connectivity index (χ0) is 13.0. The van der Waals surface area contributed by atoms with Gasteiger partial charge >= 0.3 is 5.97 Å². The Bertz CT molecular complexity index is 397. The molecule has 1 N–H and O–H groups in total. The van der Waals surface area contributed by atoms with E-state index in [-0.39, 0.29) is 6.54 Å². The molecule has 0 aliphatic carbocycles. The third-order valence-corrected chi connectivity index (χ3v) is 3.43. The molecule has 0 unspecified atom stereocenters. The average Bonchev–Trinajstić information content (AvgIpc) is 2.73. The molecule has 1 fully saturated rings. The van der Waals surface area contributed by atoms with Crippen molar-refractivity contribution in [1.29, 1.82) is 0 Å². The molecule has 1 aliphatic rings. The summed E-state index contributed by atoms with van der Waals surface area (Å²) in [5, 5.41) is 12.9. The quantitative estimate of drug-likeness (QED) is 0.777. The van der Waals surface area contributed by atoms with E-state index in [9.17, 15) is 4.79 Å². The summed E-state index contributed by atoms with van der Waals surface area (Å²) in [5.41, 5.74) is 1.24. The zero-order valence-corrected chi connectivity index (χ0v) is 10.7. The Morgan fingerprint density at radius 1 is 1.33 bits per heavy atom. The minimum Gasteiger partial charge on any atom is -0.480 e. The summed E-state index contributed by atoms with van der Waals surface area (Å²) in [4.78, 5) is 15.0. The molecule has 0 amide bonds. The lowest BCUT2D eigenvalue weighted by atomic mass is 10.2. The van der Waals surface area contributed by atoms with Crippen molar-refractivity contribution < 1.29 is 9.90 Å². The normalized spacial score (nSPS) is 18.1. The lowest BCUT2D eigenvalue weighted by molar-refractivity contribution is -0.138. The van der Waals surface area contributed by atoms with Gasteiger partial charge in [-0.15, -0.1) is 0 Å². The topological polar surface area (TPSA) is 61.6 Å². The first-order chi connectivity index (χ1) is 8.65. The number of piperazine rings is 1. The average molecular weight is 252 g/mol. The van der Waals surface area contributed by atoms with Crippen molar-refractivity contribution in [2.24, 2.45) is 7.05 Å². The second kappa shape index (κ2) is 5.97. The number of hydrogen-bond acceptors (Lipinski definition) is 4. The van der Waals surface area contributed by atoms with Crippen LogP contribution in [-0.2, 0) is 18.3 Å². The first-order valence-electron chi connectivity index (χ1n) is 6.28. The Morgan fingerprint density at radius 3 is 2.56 bits per heavy atom. The van der Waals surface area contributed by atoms with E-state index in [0.717, 1.165) is 39.1 Å². The summed E-state index contributed by atoms with van der Waals surface area (Å²) in [6, 6.07) is 2.04. The Balaban J connectivity index is 1.71. The molecule has 100 valence electrons. The van der Waals surface area contributed by atoms with Crippen LogP contribution < -0.4 is 0 Å². The van der Waals surface area contributed by atoms with Gasteiger partial charge in [-0.1, -0.05) is 0 Å². The van der Waals surface area contributed by atoms with Crippen molar-refractivity contribution in [3.05, 3.63) is 18.0 Å². The summed E-state index contributed by atoms with van der Waals surface area (Å²) in [7, 11) is 1.96. The van der Waals surface area contributed by atoms with Crippen LogP contribution in [0.3, 0.4) is 0 Å². The fraction of sp³-hybridized carbons (Fsp3) is 0.667. The summed E-state index contributed by atoms with van der Waals surface area (Å²) < 4.78 is 1.90. The van der Waals surface area contributed by atoms with Crippen molar-refractivity contribution in [3.63, 3.8) is 0 Å². The monoisotopic (exact) mass is 252 g/mol. The van der Waals surface area contributed by atoms with Gasteiger partial charge in [0.25, 0.3) is 0 Å². The standard InChI is InChI=1S/C12H20N4O2/c1-14-11(2-4-13-14)3-5-15-6-8-16(9-7-15)10-12(17)18/h2,4H,3,5-10H2,1H3,(H,17,18). The van der Waals surface area contributed by atoms with Crippen LogP contribution >= 0.6 is 0 Å². The Hall–Kier alpha value is -1.40. The van der Waals surface area contributed by atoms with Crippen molar-refractivity contribution >= 4 is 5.97 Å². The smallest absolute Gasteiger partial charge is 0.317 e. The first kappa shape index (κ1) is 13.0. The molecular weight excluding hydrogens is 232 g/mol. The molecule has 6 nitrogen and oxygen atoms in total. The molecule has 1 aromatic heterocycles. The highest BCUT2D eigenvalue weighted by Gasteiger charge is 2.18. The molecule has 2 heterocycles. The molecule has 0 spiro atoms. The lowest BCUT2D eigenvalue weighted by Gasteiger charge is -2.33. The number of rotatable bonds is 5. The fourth-order valence-corrected chi connectivity index (χ4v) is 2.28. The van der Waals surface area contributed by atoms with E-state index in [1.165, 1.54) is 5.69 Å². The number of carboxylic acid groups (broad SMARTS) is 1. The lowest BCUT2D eigenvalue weighted by Crippen LogP contribution is -2.48. The molecule has 0 saturated carbocycles. The maximum Gasteiger partial charge on any atom is 0.317 e. The summed E-state index contributed by atoms with van der Waals surface area (Å²) in [6.07, 6.45) is 2.82. The third kappa shape index (κ3) is 3.54. The minimum atomic E-state index is -0.738. The number of aliphatic carboxylic acids is 1. The molecule has 2 rings (SSSR count). The Kier molecular flexibility index (Phi) is 4.33. The maximum absolute atomic E-state index is 10.6. The zero-order valence-electron chi connectivity index (χ0n) is 10.7. The fourth-order valence-electron chi connectivity index (χ4n) is 2.28. The highest BCUT2D eigenvalue weighted by atomic mass is 16.4. The molecule has 0 radical (unpaired) electrons. The van der Waals surface area contributed by atoms with Gasteiger partial charge in [-0.05, 0) is 6.07 Å². The van der Waals surface area contributed by atoms with Gasteiger partial charge in [0.05, 0.1) is 6.54 Å². The maximum atomic E-state index is 10.6. The largest absolute Gasteiger partial charge is 0.480 e. The van der Waals surface area contributed by atoms with E-state index in [4.69, 9.17) is 5.11 Å². The van der Waals surface area contributed by atoms with Gasteiger partial charge in [0.2, 0.25) is 0 Å². The van der Waals surface area contributed by atoms with E-state index >= 15 is 0 Å². The van der Waals surface area contributed by atoms with Crippen LogP contribution in [0.2, 0.25) is 0 Å². The van der Waals surface area contributed by atoms with Crippen LogP contribution in [0, 0.1) is 0 Å². The molecular formula is C12H20N4O2. The predicted octanol–water partition coefficient (Wildman–Crippen LogP) is -0.335. The van der Waals surface area contributed by atoms with Crippen LogP contribution in [0.1, 0.15) is 5.69 Å². The number of aromatic nitrogens is 2. The third-order valence-electron chi connectivity index (χ3n) is 3.43. The Labute approximate surface area is 107 Å². The summed E-state index contributed by atoms with van der Waals surface area (Å²) in [6.45, 7) is 4.77. The van der Waals surface area contributed by atoms with Crippen molar-refractivity contribution in [1.82, 2.24) is 19.6 Å². The van der Waals surface area contributed by atoms with Gasteiger partial charge in [0.15, 0.2) is 0 Å². The van der Waals surface area contributed by atoms with Crippen LogP contribution in [0.15, 0.2) is 12.3 Å². The molecule has 1 aliphatic heterocycles. The van der Waals surface area contributed by atoms with Crippen molar-refractivity contribution in [3.8, 4) is 0 Å². The number of nitrogens with zero attached hydrogens (tertiary/aromatic N) is 4. The van der Waals surface area contributed by atoms with Crippen LogP contribution in [0.5, 0.6) is 0 Å². The van der Waals surface area contributed by atoms with Crippen molar-refractivity contribution in [2.75, 3.05) is 39.3 Å². The van der Waals surface area contributed by atoms with E-state index < -0.39 is 5.97 Å². The van der Waals surface area contributed by atoms with Gasteiger partial charge in [0.1, 0.15) is 0 Å². The first-order valence-corrected chi connectivity index (χ1v) is 6.28. The Morgan fingerprint density at radius 2 is 2.00 bits per heavy atom. The van der Waals surface area contributed by atoms with E-state index in [1.807, 2.05) is 28.9 Å². The second-order valence-electron chi connectivity index (χ2n) is 4.71. The SMILES string of the molecule is Cn1nccc1CCN1CCN(CC(=O)O)CC1. The van der Waals surface area contributed by atoms with Crippen LogP contribution in [-0.4, -0.2) is 69.9 Å². The molecule has 0 bridgehead atoms. The van der Waals surface area contributed by atoms with Crippen LogP contribution in [0.4, 0.5) is 0 Å². The number of hydrogen-bond donors (Lipinski definition) is 1. The minimum absolute atomic E-state index is 0.162. The summed E-state index contributed by atoms with van der Waals surface area (Å²) in [5.74, 6) is -0.738.